The Kier molecular flexibility index (Phi) is 7.40. The van der Waals surface area contributed by atoms with Gasteiger partial charge in [-0.2, -0.15) is 0 Å². The zero-order valence-corrected chi connectivity index (χ0v) is 21.0. The molecule has 1 amide bonds. The fourth-order valence-electron chi connectivity index (χ4n) is 5.03. The van der Waals surface area contributed by atoms with E-state index in [2.05, 4.69) is 64.5 Å². The number of halogens is 1. The number of nitrogens with zero attached hydrogens (tertiary/aromatic N) is 2. The molecule has 182 valence electrons. The lowest BCUT2D eigenvalue weighted by atomic mass is 9.94. The van der Waals surface area contributed by atoms with E-state index in [1.54, 1.807) is 0 Å². The first kappa shape index (κ1) is 23.9. The number of aryl methyl sites for hydroxylation is 1. The predicted octanol–water partition coefficient (Wildman–Crippen LogP) is 5.55. The minimum Gasteiger partial charge on any atom is -0.369 e. The largest absolute Gasteiger partial charge is 0.369 e. The molecule has 1 atom stereocenters. The molecule has 5 rings (SSSR count). The molecule has 4 nitrogen and oxygen atoms in total. The van der Waals surface area contributed by atoms with Crippen molar-refractivity contribution >= 4 is 23.4 Å². The third-order valence-corrected chi connectivity index (χ3v) is 8.11. The molecule has 35 heavy (non-hydrogen) atoms. The zero-order chi connectivity index (χ0) is 24.2. The highest BCUT2D eigenvalue weighted by Crippen LogP contribution is 2.39. The van der Waals surface area contributed by atoms with E-state index >= 15 is 0 Å². The van der Waals surface area contributed by atoms with Crippen molar-refractivity contribution in [3.63, 3.8) is 0 Å². The number of nitrogens with one attached hydrogen (secondary N) is 1. The molecule has 0 saturated carbocycles. The van der Waals surface area contributed by atoms with E-state index in [4.69, 9.17) is 0 Å². The van der Waals surface area contributed by atoms with Crippen molar-refractivity contribution in [2.45, 2.75) is 36.5 Å². The van der Waals surface area contributed by atoms with Crippen molar-refractivity contribution in [3.8, 4) is 0 Å². The number of thioether (sulfide) groups is 1. The molecule has 6 heteroatoms. The molecular weight excluding hydrogens is 457 g/mol. The molecule has 1 unspecified atom stereocenters. The van der Waals surface area contributed by atoms with Gasteiger partial charge in [-0.15, -0.1) is 11.8 Å². The second-order valence-corrected chi connectivity index (χ2v) is 10.5. The van der Waals surface area contributed by atoms with Crippen LogP contribution in [0.15, 0.2) is 71.6 Å². The van der Waals surface area contributed by atoms with Crippen molar-refractivity contribution < 1.29 is 9.18 Å². The van der Waals surface area contributed by atoms with E-state index in [-0.39, 0.29) is 17.8 Å². The summed E-state index contributed by atoms with van der Waals surface area (Å²) in [4.78, 5) is 19.0. The SMILES string of the molecule is Cc1ccc2c(c1)C(NC(=O)CCCN1CCN(c3ccc(F)cc3)CC1)c1ccccc1CS2. The van der Waals surface area contributed by atoms with Gasteiger partial charge in [0.1, 0.15) is 5.82 Å². The molecule has 3 aromatic rings. The number of rotatable bonds is 6. The molecule has 2 aliphatic rings. The van der Waals surface area contributed by atoms with Crippen LogP contribution in [0.25, 0.3) is 0 Å². The second-order valence-electron chi connectivity index (χ2n) is 9.44. The van der Waals surface area contributed by atoms with Gasteiger partial charge in [0.2, 0.25) is 5.91 Å². The van der Waals surface area contributed by atoms with E-state index in [9.17, 15) is 9.18 Å². The number of carbonyl (C=O) groups excluding carboxylic acids is 1. The minimum atomic E-state index is -0.199. The smallest absolute Gasteiger partial charge is 0.220 e. The Morgan fingerprint density at radius 3 is 2.57 bits per heavy atom. The Hall–Kier alpha value is -2.83. The molecule has 2 heterocycles. The van der Waals surface area contributed by atoms with Crippen molar-refractivity contribution in [3.05, 3.63) is 94.8 Å². The van der Waals surface area contributed by atoms with Gasteiger partial charge in [-0.1, -0.05) is 42.0 Å². The van der Waals surface area contributed by atoms with E-state index in [0.717, 1.165) is 50.6 Å². The molecule has 1 saturated heterocycles. The molecule has 0 spiro atoms. The first-order valence-corrected chi connectivity index (χ1v) is 13.4. The topological polar surface area (TPSA) is 35.6 Å². The fraction of sp³-hybridized carbons (Fsp3) is 0.345. The van der Waals surface area contributed by atoms with Gasteiger partial charge in [-0.3, -0.25) is 9.69 Å². The van der Waals surface area contributed by atoms with Gasteiger partial charge in [-0.05, 0) is 66.9 Å². The second kappa shape index (κ2) is 10.8. The Morgan fingerprint density at radius 2 is 1.77 bits per heavy atom. The van der Waals surface area contributed by atoms with Crippen LogP contribution < -0.4 is 10.2 Å². The van der Waals surface area contributed by atoms with Crippen LogP contribution in [0.5, 0.6) is 0 Å². The summed E-state index contributed by atoms with van der Waals surface area (Å²) in [7, 11) is 0. The van der Waals surface area contributed by atoms with Gasteiger partial charge in [0.25, 0.3) is 0 Å². The van der Waals surface area contributed by atoms with Crippen molar-refractivity contribution in [2.75, 3.05) is 37.6 Å². The minimum absolute atomic E-state index is 0.106. The maximum atomic E-state index is 13.2. The number of amides is 1. The molecule has 0 aromatic heterocycles. The summed E-state index contributed by atoms with van der Waals surface area (Å²) in [6.45, 7) is 6.78. The normalized spacial score (nSPS) is 17.9. The molecular formula is C29H32FN3OS. The monoisotopic (exact) mass is 489 g/mol. The Balaban J connectivity index is 1.16. The molecule has 2 aliphatic heterocycles. The quantitative estimate of drug-likeness (QED) is 0.493. The maximum Gasteiger partial charge on any atom is 0.220 e. The van der Waals surface area contributed by atoms with Crippen LogP contribution in [0.4, 0.5) is 10.1 Å². The number of hydrogen-bond acceptors (Lipinski definition) is 4. The Labute approximate surface area is 211 Å². The molecule has 0 radical (unpaired) electrons. The molecule has 1 fully saturated rings. The summed E-state index contributed by atoms with van der Waals surface area (Å²) < 4.78 is 13.2. The maximum absolute atomic E-state index is 13.2. The van der Waals surface area contributed by atoms with E-state index in [0.29, 0.717) is 6.42 Å². The first-order chi connectivity index (χ1) is 17.1. The van der Waals surface area contributed by atoms with Crippen LogP contribution in [-0.2, 0) is 10.5 Å². The van der Waals surface area contributed by atoms with E-state index in [1.165, 1.54) is 39.3 Å². The van der Waals surface area contributed by atoms with Crippen LogP contribution in [0.2, 0.25) is 0 Å². The van der Waals surface area contributed by atoms with Crippen LogP contribution >= 0.6 is 11.8 Å². The average Bonchev–Trinajstić information content (AvgIpc) is 3.02. The standard InChI is InChI=1S/C29H32FN3OS/c1-21-8-13-27-26(19-21)29(25-6-3-2-5-22(25)20-35-27)31-28(34)7-4-14-32-15-17-33(18-16-32)24-11-9-23(30)10-12-24/h2-3,5-6,8-13,19,29H,4,7,14-18,20H2,1H3,(H,31,34). The third kappa shape index (κ3) is 5.71. The summed E-state index contributed by atoms with van der Waals surface area (Å²) >= 11 is 1.85. The summed E-state index contributed by atoms with van der Waals surface area (Å²) in [6.07, 6.45) is 1.36. The summed E-state index contributed by atoms with van der Waals surface area (Å²) in [6, 6.07) is 21.6. The first-order valence-electron chi connectivity index (χ1n) is 12.4. The van der Waals surface area contributed by atoms with Gasteiger partial charge in [0, 0.05) is 48.9 Å². The lowest BCUT2D eigenvalue weighted by Crippen LogP contribution is -2.46. The average molecular weight is 490 g/mol. The number of piperazine rings is 1. The molecule has 3 aromatic carbocycles. The van der Waals surface area contributed by atoms with Crippen LogP contribution in [0.3, 0.4) is 0 Å². The highest BCUT2D eigenvalue weighted by Gasteiger charge is 2.25. The molecule has 0 aliphatic carbocycles. The van der Waals surface area contributed by atoms with Crippen LogP contribution in [0.1, 0.15) is 41.1 Å². The zero-order valence-electron chi connectivity index (χ0n) is 20.2. The van der Waals surface area contributed by atoms with Gasteiger partial charge >= 0.3 is 0 Å². The van der Waals surface area contributed by atoms with Gasteiger partial charge in [0.05, 0.1) is 6.04 Å². The lowest BCUT2D eigenvalue weighted by Gasteiger charge is -2.36. The number of benzene rings is 3. The van der Waals surface area contributed by atoms with Gasteiger partial charge in [-0.25, -0.2) is 4.39 Å². The predicted molar refractivity (Wildman–Crippen MR) is 141 cm³/mol. The summed E-state index contributed by atoms with van der Waals surface area (Å²) in [5.74, 6) is 0.826. The lowest BCUT2D eigenvalue weighted by molar-refractivity contribution is -0.121. The van der Waals surface area contributed by atoms with Crippen molar-refractivity contribution in [2.24, 2.45) is 0 Å². The highest BCUT2D eigenvalue weighted by molar-refractivity contribution is 7.98. The highest BCUT2D eigenvalue weighted by atomic mass is 32.2. The van der Waals surface area contributed by atoms with Crippen molar-refractivity contribution in [1.29, 1.82) is 0 Å². The van der Waals surface area contributed by atoms with Crippen molar-refractivity contribution in [1.82, 2.24) is 10.2 Å². The summed E-state index contributed by atoms with van der Waals surface area (Å²) in [5, 5.41) is 3.36. The molecule has 0 bridgehead atoms. The number of fused-ring (bicyclic) bond motifs is 2. The van der Waals surface area contributed by atoms with E-state index in [1.807, 2.05) is 23.9 Å². The fourth-order valence-corrected chi connectivity index (χ4v) is 6.11. The summed E-state index contributed by atoms with van der Waals surface area (Å²) in [5.41, 5.74) is 5.97. The Morgan fingerprint density at radius 1 is 1.00 bits per heavy atom. The number of hydrogen-bond donors (Lipinski definition) is 1. The number of anilines is 1. The van der Waals surface area contributed by atoms with Gasteiger partial charge in [0.15, 0.2) is 0 Å². The van der Waals surface area contributed by atoms with Crippen LogP contribution in [0, 0.1) is 12.7 Å². The third-order valence-electron chi connectivity index (χ3n) is 6.97. The van der Waals surface area contributed by atoms with E-state index < -0.39 is 0 Å². The molecule has 1 N–H and O–H groups in total. The Bertz CT molecular complexity index is 1170. The number of carbonyl (C=O) groups is 1. The van der Waals surface area contributed by atoms with Crippen LogP contribution in [-0.4, -0.2) is 43.5 Å². The van der Waals surface area contributed by atoms with Gasteiger partial charge < -0.3 is 10.2 Å².